The van der Waals surface area contributed by atoms with Crippen molar-refractivity contribution < 1.29 is 4.74 Å². The first-order chi connectivity index (χ1) is 5.83. The molecule has 0 radical (unpaired) electrons. The van der Waals surface area contributed by atoms with E-state index in [0.717, 1.165) is 25.7 Å². The molecule has 2 heteroatoms. The van der Waals surface area contributed by atoms with Crippen LogP contribution in [0.1, 0.15) is 33.1 Å². The van der Waals surface area contributed by atoms with Gasteiger partial charge in [0.1, 0.15) is 0 Å². The average Bonchev–Trinajstić information content (AvgIpc) is 2.53. The van der Waals surface area contributed by atoms with Gasteiger partial charge in [0.25, 0.3) is 0 Å². The van der Waals surface area contributed by atoms with Crippen molar-refractivity contribution in [2.45, 2.75) is 39.2 Å². The van der Waals surface area contributed by atoms with Gasteiger partial charge in [-0.1, -0.05) is 13.3 Å². The molecular weight excluding hydrogens is 150 g/mol. The fourth-order valence-electron chi connectivity index (χ4n) is 1.65. The van der Waals surface area contributed by atoms with Gasteiger partial charge in [0.15, 0.2) is 0 Å². The fourth-order valence-corrected chi connectivity index (χ4v) is 1.65. The Morgan fingerprint density at radius 3 is 3.00 bits per heavy atom. The van der Waals surface area contributed by atoms with Crippen LogP contribution in [0.3, 0.4) is 0 Å². The molecule has 2 atom stereocenters. The topological polar surface area (TPSA) is 21.3 Å². The molecule has 0 aliphatic carbocycles. The molecule has 1 aliphatic rings. The molecule has 0 spiro atoms. The highest BCUT2D eigenvalue weighted by molar-refractivity contribution is 4.69. The van der Waals surface area contributed by atoms with Crippen molar-refractivity contribution in [3.8, 4) is 0 Å². The van der Waals surface area contributed by atoms with Crippen LogP contribution in [0.5, 0.6) is 0 Å². The Morgan fingerprint density at radius 1 is 1.58 bits per heavy atom. The van der Waals surface area contributed by atoms with Crippen LogP contribution in [0.15, 0.2) is 0 Å². The number of rotatable bonds is 5. The second kappa shape index (κ2) is 5.55. The predicted octanol–water partition coefficient (Wildman–Crippen LogP) is 1.80. The number of nitrogens with one attached hydrogen (secondary N) is 1. The minimum Gasteiger partial charge on any atom is -0.381 e. The van der Waals surface area contributed by atoms with Gasteiger partial charge in [-0.2, -0.15) is 0 Å². The van der Waals surface area contributed by atoms with E-state index in [-0.39, 0.29) is 0 Å². The van der Waals surface area contributed by atoms with Crippen molar-refractivity contribution in [1.82, 2.24) is 5.32 Å². The Balaban J connectivity index is 1.99. The van der Waals surface area contributed by atoms with Gasteiger partial charge in [-0.25, -0.2) is 0 Å². The summed E-state index contributed by atoms with van der Waals surface area (Å²) in [6.45, 7) is 7.57. The van der Waals surface area contributed by atoms with Crippen LogP contribution in [0.4, 0.5) is 0 Å². The van der Waals surface area contributed by atoms with E-state index in [9.17, 15) is 0 Å². The summed E-state index contributed by atoms with van der Waals surface area (Å²) in [5.41, 5.74) is 0. The molecule has 0 bridgehead atoms. The van der Waals surface area contributed by atoms with Gasteiger partial charge in [0.05, 0.1) is 6.61 Å². The van der Waals surface area contributed by atoms with Crippen LogP contribution < -0.4 is 5.32 Å². The van der Waals surface area contributed by atoms with E-state index >= 15 is 0 Å². The minimum atomic E-state index is 0.676. The molecule has 0 amide bonds. The van der Waals surface area contributed by atoms with E-state index in [1.807, 2.05) is 0 Å². The van der Waals surface area contributed by atoms with Gasteiger partial charge in [-0.3, -0.25) is 0 Å². The molecule has 0 aromatic rings. The van der Waals surface area contributed by atoms with Crippen LogP contribution >= 0.6 is 0 Å². The molecule has 12 heavy (non-hydrogen) atoms. The average molecular weight is 171 g/mol. The third-order valence-electron chi connectivity index (χ3n) is 2.50. The molecule has 1 saturated heterocycles. The highest BCUT2D eigenvalue weighted by Crippen LogP contribution is 2.11. The maximum absolute atomic E-state index is 5.31. The summed E-state index contributed by atoms with van der Waals surface area (Å²) in [4.78, 5) is 0. The van der Waals surface area contributed by atoms with Crippen molar-refractivity contribution in [2.24, 2.45) is 5.92 Å². The lowest BCUT2D eigenvalue weighted by atomic mass is 10.1. The lowest BCUT2D eigenvalue weighted by Crippen LogP contribution is -2.31. The van der Waals surface area contributed by atoms with Gasteiger partial charge in [0.2, 0.25) is 0 Å². The maximum atomic E-state index is 5.31. The zero-order valence-corrected chi connectivity index (χ0v) is 8.31. The second-order valence-corrected chi connectivity index (χ2v) is 3.83. The van der Waals surface area contributed by atoms with E-state index in [2.05, 4.69) is 19.2 Å². The Kier molecular flexibility index (Phi) is 4.62. The van der Waals surface area contributed by atoms with Crippen LogP contribution in [-0.4, -0.2) is 25.8 Å². The molecular formula is C10H21NO. The molecule has 1 rings (SSSR count). The van der Waals surface area contributed by atoms with E-state index in [1.165, 1.54) is 19.3 Å². The van der Waals surface area contributed by atoms with Gasteiger partial charge < -0.3 is 10.1 Å². The Labute approximate surface area is 75.7 Å². The lowest BCUT2D eigenvalue weighted by Gasteiger charge is -2.15. The van der Waals surface area contributed by atoms with E-state index in [1.54, 1.807) is 0 Å². The summed E-state index contributed by atoms with van der Waals surface area (Å²) in [6, 6.07) is 0.676. The normalized spacial score (nSPS) is 26.0. The van der Waals surface area contributed by atoms with Crippen LogP contribution in [0.2, 0.25) is 0 Å². The molecule has 2 unspecified atom stereocenters. The second-order valence-electron chi connectivity index (χ2n) is 3.83. The molecule has 1 aliphatic heterocycles. The van der Waals surface area contributed by atoms with Gasteiger partial charge in [-0.05, 0) is 25.7 Å². The largest absolute Gasteiger partial charge is 0.381 e. The van der Waals surface area contributed by atoms with Gasteiger partial charge in [-0.15, -0.1) is 0 Å². The molecule has 72 valence electrons. The SMILES string of the molecule is CCCC(C)NCC1CCOC1. The molecule has 0 saturated carbocycles. The van der Waals surface area contributed by atoms with Gasteiger partial charge >= 0.3 is 0 Å². The third kappa shape index (κ3) is 3.55. The van der Waals surface area contributed by atoms with Crippen molar-refractivity contribution >= 4 is 0 Å². The summed E-state index contributed by atoms with van der Waals surface area (Å²) in [5, 5.41) is 3.55. The summed E-state index contributed by atoms with van der Waals surface area (Å²) in [5.74, 6) is 0.768. The number of ether oxygens (including phenoxy) is 1. The lowest BCUT2D eigenvalue weighted by molar-refractivity contribution is 0.184. The third-order valence-corrected chi connectivity index (χ3v) is 2.50. The Bertz CT molecular complexity index is 110. The van der Waals surface area contributed by atoms with Crippen LogP contribution in [0, 0.1) is 5.92 Å². The van der Waals surface area contributed by atoms with E-state index < -0.39 is 0 Å². The van der Waals surface area contributed by atoms with Crippen LogP contribution in [-0.2, 0) is 4.74 Å². The fraction of sp³-hybridized carbons (Fsp3) is 1.00. The zero-order valence-electron chi connectivity index (χ0n) is 8.31. The molecule has 0 aromatic carbocycles. The predicted molar refractivity (Wildman–Crippen MR) is 51.3 cm³/mol. The summed E-state index contributed by atoms with van der Waals surface area (Å²) in [6.07, 6.45) is 3.80. The zero-order chi connectivity index (χ0) is 8.81. The molecule has 0 aromatic heterocycles. The Morgan fingerprint density at radius 2 is 2.42 bits per heavy atom. The summed E-state index contributed by atoms with van der Waals surface area (Å²) >= 11 is 0. The highest BCUT2D eigenvalue weighted by atomic mass is 16.5. The summed E-state index contributed by atoms with van der Waals surface area (Å²) in [7, 11) is 0. The Hall–Kier alpha value is -0.0800. The van der Waals surface area contributed by atoms with E-state index in [0.29, 0.717) is 6.04 Å². The molecule has 1 heterocycles. The maximum Gasteiger partial charge on any atom is 0.0507 e. The first kappa shape index (κ1) is 10.0. The molecule has 1 N–H and O–H groups in total. The van der Waals surface area contributed by atoms with E-state index in [4.69, 9.17) is 4.74 Å². The minimum absolute atomic E-state index is 0.676. The van der Waals surface area contributed by atoms with Crippen molar-refractivity contribution in [3.63, 3.8) is 0 Å². The molecule has 1 fully saturated rings. The first-order valence-electron chi connectivity index (χ1n) is 5.14. The monoisotopic (exact) mass is 171 g/mol. The number of hydrogen-bond donors (Lipinski definition) is 1. The van der Waals surface area contributed by atoms with Crippen molar-refractivity contribution in [3.05, 3.63) is 0 Å². The summed E-state index contributed by atoms with van der Waals surface area (Å²) < 4.78 is 5.31. The highest BCUT2D eigenvalue weighted by Gasteiger charge is 2.15. The van der Waals surface area contributed by atoms with Crippen LogP contribution in [0.25, 0.3) is 0 Å². The smallest absolute Gasteiger partial charge is 0.0507 e. The first-order valence-corrected chi connectivity index (χ1v) is 5.14. The number of hydrogen-bond acceptors (Lipinski definition) is 2. The standard InChI is InChI=1S/C10H21NO/c1-3-4-9(2)11-7-10-5-6-12-8-10/h9-11H,3-8H2,1-2H3. The van der Waals surface area contributed by atoms with Crippen molar-refractivity contribution in [1.29, 1.82) is 0 Å². The quantitative estimate of drug-likeness (QED) is 0.681. The van der Waals surface area contributed by atoms with Crippen molar-refractivity contribution in [2.75, 3.05) is 19.8 Å². The molecule has 2 nitrogen and oxygen atoms in total. The van der Waals surface area contributed by atoms with Gasteiger partial charge in [0, 0.05) is 19.2 Å².